The van der Waals surface area contributed by atoms with E-state index in [-0.39, 0.29) is 5.91 Å². The molecule has 1 N–H and O–H groups in total. The smallest absolute Gasteiger partial charge is 0.220 e. The molecule has 1 aliphatic heterocycles. The van der Waals surface area contributed by atoms with E-state index >= 15 is 0 Å². The van der Waals surface area contributed by atoms with Crippen LogP contribution in [0.2, 0.25) is 0 Å². The van der Waals surface area contributed by atoms with Crippen LogP contribution in [-0.4, -0.2) is 50.2 Å². The minimum Gasteiger partial charge on any atom is -0.490 e. The molecule has 0 bridgehead atoms. The van der Waals surface area contributed by atoms with Crippen LogP contribution in [0, 0.1) is 5.92 Å². The molecule has 0 saturated carbocycles. The number of ether oxygens (including phenoxy) is 2. The van der Waals surface area contributed by atoms with Crippen LogP contribution in [0.1, 0.15) is 52.4 Å². The van der Waals surface area contributed by atoms with Crippen LogP contribution in [-0.2, 0) is 4.79 Å². The lowest BCUT2D eigenvalue weighted by molar-refractivity contribution is -0.121. The third-order valence-electron chi connectivity index (χ3n) is 4.92. The van der Waals surface area contributed by atoms with Gasteiger partial charge in [-0.3, -0.25) is 4.79 Å². The monoisotopic (exact) mass is 376 g/mol. The van der Waals surface area contributed by atoms with Gasteiger partial charge in [0.1, 0.15) is 0 Å². The maximum absolute atomic E-state index is 11.9. The van der Waals surface area contributed by atoms with Gasteiger partial charge in [-0.25, -0.2) is 0 Å². The van der Waals surface area contributed by atoms with Gasteiger partial charge < -0.3 is 19.7 Å². The summed E-state index contributed by atoms with van der Waals surface area (Å²) in [5.74, 6) is 2.45. The van der Waals surface area contributed by atoms with Crippen LogP contribution in [0.25, 0.3) is 0 Å². The average Bonchev–Trinajstić information content (AvgIpc) is 2.66. The summed E-state index contributed by atoms with van der Waals surface area (Å²) in [6, 6.07) is 7.65. The molecule has 1 heterocycles. The van der Waals surface area contributed by atoms with Crippen molar-refractivity contribution in [3.8, 4) is 11.5 Å². The molecule has 2 rings (SSSR count). The van der Waals surface area contributed by atoms with Gasteiger partial charge in [0, 0.05) is 19.5 Å². The molecular weight excluding hydrogens is 340 g/mol. The first-order valence-corrected chi connectivity index (χ1v) is 10.5. The molecule has 1 aromatic rings. The van der Waals surface area contributed by atoms with Crippen molar-refractivity contribution in [2.75, 3.05) is 39.4 Å². The van der Waals surface area contributed by atoms with Crippen molar-refractivity contribution >= 4 is 5.91 Å². The molecule has 1 aliphatic rings. The summed E-state index contributed by atoms with van der Waals surface area (Å²) in [6.45, 7) is 9.83. The number of rotatable bonds is 12. The van der Waals surface area contributed by atoms with Gasteiger partial charge in [-0.2, -0.15) is 0 Å². The molecule has 1 atom stereocenters. The van der Waals surface area contributed by atoms with Crippen molar-refractivity contribution in [3.63, 3.8) is 0 Å². The molecule has 0 aromatic heterocycles. The molecule has 0 radical (unpaired) electrons. The van der Waals surface area contributed by atoms with Crippen LogP contribution < -0.4 is 14.8 Å². The first-order valence-electron chi connectivity index (χ1n) is 10.5. The molecule has 0 aliphatic carbocycles. The number of amides is 1. The maximum atomic E-state index is 11.9. The van der Waals surface area contributed by atoms with Crippen LogP contribution in [0.3, 0.4) is 0 Å². The number of piperidine rings is 1. The van der Waals surface area contributed by atoms with Crippen LogP contribution in [0.4, 0.5) is 0 Å². The largest absolute Gasteiger partial charge is 0.490 e. The van der Waals surface area contributed by atoms with E-state index in [9.17, 15) is 4.79 Å². The highest BCUT2D eigenvalue weighted by Crippen LogP contribution is 2.26. The summed E-state index contributed by atoms with van der Waals surface area (Å²) in [5, 5.41) is 3.02. The van der Waals surface area contributed by atoms with Gasteiger partial charge in [0.25, 0.3) is 0 Å². The number of nitrogens with zero attached hydrogens (tertiary/aromatic N) is 1. The van der Waals surface area contributed by atoms with E-state index < -0.39 is 0 Å². The van der Waals surface area contributed by atoms with Crippen molar-refractivity contribution < 1.29 is 14.3 Å². The number of hydrogen-bond donors (Lipinski definition) is 1. The number of likely N-dealkylation sites (tertiary alicyclic amines) is 1. The first-order chi connectivity index (χ1) is 13.2. The van der Waals surface area contributed by atoms with E-state index in [1.54, 1.807) is 0 Å². The Hall–Kier alpha value is -1.75. The fraction of sp³-hybridized carbons (Fsp3) is 0.682. The van der Waals surface area contributed by atoms with Gasteiger partial charge >= 0.3 is 0 Å². The number of unbranched alkanes of at least 4 members (excludes halogenated alkanes) is 1. The Balaban J connectivity index is 1.49. The minimum absolute atomic E-state index is 0.114. The van der Waals surface area contributed by atoms with Crippen LogP contribution in [0.5, 0.6) is 11.5 Å². The van der Waals surface area contributed by atoms with E-state index in [0.717, 1.165) is 43.3 Å². The second-order valence-electron chi connectivity index (χ2n) is 7.44. The van der Waals surface area contributed by atoms with Gasteiger partial charge in [0.15, 0.2) is 11.5 Å². The molecule has 152 valence electrons. The Morgan fingerprint density at radius 1 is 1.19 bits per heavy atom. The molecule has 27 heavy (non-hydrogen) atoms. The highest BCUT2D eigenvalue weighted by molar-refractivity contribution is 5.75. The normalized spacial score (nSPS) is 17.5. The molecule has 0 spiro atoms. The highest BCUT2D eigenvalue weighted by atomic mass is 16.5. The van der Waals surface area contributed by atoms with Crippen molar-refractivity contribution in [1.29, 1.82) is 0 Å². The predicted octanol–water partition coefficient (Wildman–Crippen LogP) is 3.87. The third-order valence-corrected chi connectivity index (χ3v) is 4.92. The zero-order valence-corrected chi connectivity index (χ0v) is 17.0. The summed E-state index contributed by atoms with van der Waals surface area (Å²) >= 11 is 0. The number of hydrogen-bond acceptors (Lipinski definition) is 4. The summed E-state index contributed by atoms with van der Waals surface area (Å²) < 4.78 is 11.3. The van der Waals surface area contributed by atoms with Crippen LogP contribution >= 0.6 is 0 Å². The molecular formula is C22H36N2O3. The number of para-hydroxylation sites is 2. The Morgan fingerprint density at radius 2 is 1.96 bits per heavy atom. The Labute approximate surface area is 164 Å². The van der Waals surface area contributed by atoms with Gasteiger partial charge in [-0.05, 0) is 70.2 Å². The zero-order chi connectivity index (χ0) is 19.3. The fourth-order valence-corrected chi connectivity index (χ4v) is 3.53. The lowest BCUT2D eigenvalue weighted by atomic mass is 10.0. The topological polar surface area (TPSA) is 50.8 Å². The molecule has 1 amide bonds. The van der Waals surface area contributed by atoms with Gasteiger partial charge in [0.2, 0.25) is 5.91 Å². The summed E-state index contributed by atoms with van der Waals surface area (Å²) in [4.78, 5) is 14.5. The second kappa shape index (κ2) is 12.6. The van der Waals surface area contributed by atoms with E-state index in [0.29, 0.717) is 26.1 Å². The van der Waals surface area contributed by atoms with Crippen molar-refractivity contribution in [2.45, 2.75) is 52.4 Å². The van der Waals surface area contributed by atoms with Crippen molar-refractivity contribution in [2.24, 2.45) is 5.92 Å². The Bertz CT molecular complexity index is 550. The standard InChI is InChI=1S/C22H36N2O3/c1-3-26-20-11-4-5-12-21(20)27-17-9-13-22(25)23-14-6-7-15-24-16-8-10-19(2)18-24/h4-5,11-12,19H,3,6-10,13-18H2,1-2H3,(H,23,25). The lowest BCUT2D eigenvalue weighted by Crippen LogP contribution is -2.35. The summed E-state index contributed by atoms with van der Waals surface area (Å²) in [7, 11) is 0. The van der Waals surface area contributed by atoms with Crippen molar-refractivity contribution in [1.82, 2.24) is 10.2 Å². The van der Waals surface area contributed by atoms with E-state index in [1.165, 1.54) is 25.9 Å². The van der Waals surface area contributed by atoms with Crippen molar-refractivity contribution in [3.05, 3.63) is 24.3 Å². The maximum Gasteiger partial charge on any atom is 0.220 e. The second-order valence-corrected chi connectivity index (χ2v) is 7.44. The van der Waals surface area contributed by atoms with E-state index in [1.807, 2.05) is 31.2 Å². The average molecular weight is 377 g/mol. The third kappa shape index (κ3) is 8.65. The van der Waals surface area contributed by atoms with Gasteiger partial charge in [-0.15, -0.1) is 0 Å². The quantitative estimate of drug-likeness (QED) is 0.563. The van der Waals surface area contributed by atoms with E-state index in [2.05, 4.69) is 17.1 Å². The number of benzene rings is 1. The summed E-state index contributed by atoms with van der Waals surface area (Å²) in [5.41, 5.74) is 0. The minimum atomic E-state index is 0.114. The Morgan fingerprint density at radius 3 is 2.70 bits per heavy atom. The SMILES string of the molecule is CCOc1ccccc1OCCCC(=O)NCCCCN1CCCC(C)C1. The summed E-state index contributed by atoms with van der Waals surface area (Å²) in [6.07, 6.45) is 6.11. The Kier molecular flexibility index (Phi) is 10.1. The molecule has 1 aromatic carbocycles. The van der Waals surface area contributed by atoms with Crippen LogP contribution in [0.15, 0.2) is 24.3 Å². The van der Waals surface area contributed by atoms with E-state index in [4.69, 9.17) is 9.47 Å². The lowest BCUT2D eigenvalue weighted by Gasteiger charge is -2.30. The number of carbonyl (C=O) groups is 1. The molecule has 5 heteroatoms. The fourth-order valence-electron chi connectivity index (χ4n) is 3.53. The highest BCUT2D eigenvalue weighted by Gasteiger charge is 2.15. The number of nitrogens with one attached hydrogen (secondary N) is 1. The molecule has 1 fully saturated rings. The van der Waals surface area contributed by atoms with Gasteiger partial charge in [-0.1, -0.05) is 19.1 Å². The molecule has 1 saturated heterocycles. The number of carbonyl (C=O) groups excluding carboxylic acids is 1. The molecule has 5 nitrogen and oxygen atoms in total. The zero-order valence-electron chi connectivity index (χ0n) is 17.0. The van der Waals surface area contributed by atoms with Gasteiger partial charge in [0.05, 0.1) is 13.2 Å². The molecule has 1 unspecified atom stereocenters. The predicted molar refractivity (Wildman–Crippen MR) is 109 cm³/mol. The first kappa shape index (κ1) is 21.5.